The summed E-state index contributed by atoms with van der Waals surface area (Å²) in [5.74, 6) is 1.67. The molecule has 0 fully saturated rings. The first-order valence-corrected chi connectivity index (χ1v) is 8.88. The van der Waals surface area contributed by atoms with Crippen molar-refractivity contribution in [3.05, 3.63) is 46.9 Å². The van der Waals surface area contributed by atoms with Crippen LogP contribution in [0.25, 0.3) is 0 Å². The molecule has 0 saturated carbocycles. The van der Waals surface area contributed by atoms with Gasteiger partial charge in [-0.25, -0.2) is 0 Å². The molecule has 2 N–H and O–H groups in total. The van der Waals surface area contributed by atoms with Crippen molar-refractivity contribution in [2.24, 2.45) is 22.9 Å². The predicted molar refractivity (Wildman–Crippen MR) is 102 cm³/mol. The standard InChI is InChI=1S/C20H32N2O3/c1-15(2)12-19(16(3)4)20(5,14-21)17-8-6-9-18(13-17)24-10-7-11-25-22-23/h6,8-9,13,15,19H,3,7,10-12,14,21H2,1-2,4-5H3. The Morgan fingerprint density at radius 3 is 2.64 bits per heavy atom. The fourth-order valence-corrected chi connectivity index (χ4v) is 3.23. The Morgan fingerprint density at radius 1 is 1.36 bits per heavy atom. The molecule has 0 aliphatic rings. The average molecular weight is 348 g/mol. The third kappa shape index (κ3) is 6.16. The average Bonchev–Trinajstić information content (AvgIpc) is 2.58. The van der Waals surface area contributed by atoms with Crippen molar-refractivity contribution in [2.45, 2.75) is 46.0 Å². The van der Waals surface area contributed by atoms with E-state index in [2.05, 4.69) is 56.6 Å². The Morgan fingerprint density at radius 2 is 2.08 bits per heavy atom. The van der Waals surface area contributed by atoms with Crippen LogP contribution in [0, 0.1) is 16.7 Å². The minimum absolute atomic E-state index is 0.194. The van der Waals surface area contributed by atoms with Gasteiger partial charge in [-0.05, 0) is 42.9 Å². The molecule has 1 aromatic rings. The summed E-state index contributed by atoms with van der Waals surface area (Å²) in [5, 5.41) is 2.37. The van der Waals surface area contributed by atoms with Gasteiger partial charge in [0.2, 0.25) is 0 Å². The van der Waals surface area contributed by atoms with E-state index < -0.39 is 0 Å². The highest BCUT2D eigenvalue weighted by atomic mass is 16.7. The summed E-state index contributed by atoms with van der Waals surface area (Å²) in [6.45, 7) is 14.2. The van der Waals surface area contributed by atoms with E-state index in [1.54, 1.807) is 0 Å². The predicted octanol–water partition coefficient (Wildman–Crippen LogP) is 4.61. The van der Waals surface area contributed by atoms with Gasteiger partial charge in [-0.15, -0.1) is 4.91 Å². The minimum atomic E-state index is -0.194. The van der Waals surface area contributed by atoms with Crippen molar-refractivity contribution in [3.63, 3.8) is 0 Å². The molecule has 140 valence electrons. The van der Waals surface area contributed by atoms with E-state index in [-0.39, 0.29) is 12.0 Å². The maximum Gasteiger partial charge on any atom is 0.155 e. The zero-order valence-electron chi connectivity index (χ0n) is 16.0. The first-order valence-electron chi connectivity index (χ1n) is 8.88. The van der Waals surface area contributed by atoms with E-state index in [1.807, 2.05) is 12.1 Å². The zero-order valence-corrected chi connectivity index (χ0v) is 16.0. The zero-order chi connectivity index (χ0) is 18.9. The van der Waals surface area contributed by atoms with E-state index >= 15 is 0 Å². The number of nitrogens with zero attached hydrogens (tertiary/aromatic N) is 1. The van der Waals surface area contributed by atoms with Gasteiger partial charge in [-0.1, -0.05) is 45.1 Å². The largest absolute Gasteiger partial charge is 0.493 e. The number of hydrogen-bond acceptors (Lipinski definition) is 5. The highest BCUT2D eigenvalue weighted by molar-refractivity contribution is 5.36. The normalized spacial score (nSPS) is 14.6. The van der Waals surface area contributed by atoms with Gasteiger partial charge in [-0.3, -0.25) is 0 Å². The lowest BCUT2D eigenvalue weighted by molar-refractivity contribution is 0.123. The Bertz CT molecular complexity index is 560. The lowest BCUT2D eigenvalue weighted by Crippen LogP contribution is -2.40. The van der Waals surface area contributed by atoms with E-state index in [0.717, 1.165) is 23.3 Å². The molecule has 0 spiro atoms. The molecule has 0 bridgehead atoms. The third-order valence-corrected chi connectivity index (χ3v) is 4.69. The summed E-state index contributed by atoms with van der Waals surface area (Å²) in [4.78, 5) is 14.3. The summed E-state index contributed by atoms with van der Waals surface area (Å²) >= 11 is 0. The Kier molecular flexibility index (Phi) is 8.62. The molecule has 2 atom stereocenters. The van der Waals surface area contributed by atoms with E-state index in [9.17, 15) is 4.91 Å². The van der Waals surface area contributed by atoms with Gasteiger partial charge in [0.05, 0.1) is 6.61 Å². The van der Waals surface area contributed by atoms with Crippen LogP contribution in [0.2, 0.25) is 0 Å². The van der Waals surface area contributed by atoms with Gasteiger partial charge in [0.1, 0.15) is 12.4 Å². The maximum absolute atomic E-state index is 9.89. The second-order valence-electron chi connectivity index (χ2n) is 7.29. The Balaban J connectivity index is 2.95. The molecule has 0 amide bonds. The summed E-state index contributed by atoms with van der Waals surface area (Å²) in [6.07, 6.45) is 1.65. The van der Waals surface area contributed by atoms with Gasteiger partial charge in [0, 0.05) is 18.4 Å². The Labute approximate surface area is 151 Å². The number of ether oxygens (including phenoxy) is 1. The molecule has 0 aliphatic heterocycles. The van der Waals surface area contributed by atoms with Gasteiger partial charge >= 0.3 is 0 Å². The van der Waals surface area contributed by atoms with Crippen molar-refractivity contribution in [2.75, 3.05) is 19.8 Å². The summed E-state index contributed by atoms with van der Waals surface area (Å²) < 4.78 is 5.77. The minimum Gasteiger partial charge on any atom is -0.493 e. The van der Waals surface area contributed by atoms with Crippen LogP contribution in [0.3, 0.4) is 0 Å². The van der Waals surface area contributed by atoms with Crippen molar-refractivity contribution < 1.29 is 9.57 Å². The van der Waals surface area contributed by atoms with E-state index in [4.69, 9.17) is 10.5 Å². The molecule has 2 unspecified atom stereocenters. The van der Waals surface area contributed by atoms with E-state index in [1.165, 1.54) is 0 Å². The molecule has 0 saturated heterocycles. The highest BCUT2D eigenvalue weighted by Crippen LogP contribution is 2.40. The van der Waals surface area contributed by atoms with Crippen molar-refractivity contribution in [1.29, 1.82) is 0 Å². The van der Waals surface area contributed by atoms with Gasteiger partial charge in [0.15, 0.2) is 5.34 Å². The lowest BCUT2D eigenvalue weighted by atomic mass is 9.66. The van der Waals surface area contributed by atoms with Crippen LogP contribution in [0.1, 0.15) is 46.1 Å². The molecular weight excluding hydrogens is 316 g/mol. The molecule has 1 aromatic carbocycles. The molecule has 0 radical (unpaired) electrons. The number of rotatable bonds is 12. The van der Waals surface area contributed by atoms with Crippen LogP contribution < -0.4 is 10.5 Å². The maximum atomic E-state index is 9.89. The molecule has 1 rings (SSSR count). The quantitative estimate of drug-likeness (QED) is 0.259. The van der Waals surface area contributed by atoms with Crippen LogP contribution in [0.4, 0.5) is 0 Å². The first-order chi connectivity index (χ1) is 11.8. The molecule has 0 aliphatic carbocycles. The first kappa shape index (κ1) is 21.2. The molecule has 25 heavy (non-hydrogen) atoms. The second kappa shape index (κ2) is 10.2. The molecule has 0 aromatic heterocycles. The smallest absolute Gasteiger partial charge is 0.155 e. The Hall–Kier alpha value is -1.88. The molecule has 5 nitrogen and oxygen atoms in total. The summed E-state index contributed by atoms with van der Waals surface area (Å²) in [5.41, 5.74) is 8.34. The van der Waals surface area contributed by atoms with Crippen LogP contribution in [0.15, 0.2) is 41.8 Å². The number of allylic oxidation sites excluding steroid dienone is 1. The lowest BCUT2D eigenvalue weighted by Gasteiger charge is -2.39. The summed E-state index contributed by atoms with van der Waals surface area (Å²) in [7, 11) is 0. The van der Waals surface area contributed by atoms with Crippen molar-refractivity contribution in [3.8, 4) is 5.75 Å². The monoisotopic (exact) mass is 348 g/mol. The van der Waals surface area contributed by atoms with Gasteiger partial charge in [-0.2, -0.15) is 0 Å². The van der Waals surface area contributed by atoms with Crippen LogP contribution >= 0.6 is 0 Å². The van der Waals surface area contributed by atoms with Gasteiger partial charge in [0.25, 0.3) is 0 Å². The second-order valence-corrected chi connectivity index (χ2v) is 7.29. The van der Waals surface area contributed by atoms with Crippen LogP contribution in [-0.4, -0.2) is 19.8 Å². The van der Waals surface area contributed by atoms with Crippen molar-refractivity contribution in [1.82, 2.24) is 0 Å². The number of nitrogens with two attached hydrogens (primary N) is 1. The fourth-order valence-electron chi connectivity index (χ4n) is 3.23. The summed E-state index contributed by atoms with van der Waals surface area (Å²) in [6, 6.07) is 8.09. The fraction of sp³-hybridized carbons (Fsp3) is 0.600. The number of benzene rings is 1. The molecule has 0 heterocycles. The van der Waals surface area contributed by atoms with Crippen LogP contribution in [-0.2, 0) is 10.3 Å². The number of hydrogen-bond donors (Lipinski definition) is 1. The molecule has 5 heteroatoms. The SMILES string of the molecule is C=C(C)C(CC(C)C)C(C)(CN)c1cccc(OCCCON=O)c1. The topological polar surface area (TPSA) is 73.9 Å². The highest BCUT2D eigenvalue weighted by Gasteiger charge is 2.35. The molecular formula is C20H32N2O3. The van der Waals surface area contributed by atoms with Crippen molar-refractivity contribution >= 4 is 0 Å². The van der Waals surface area contributed by atoms with Crippen LogP contribution in [0.5, 0.6) is 5.75 Å². The third-order valence-electron chi connectivity index (χ3n) is 4.69. The van der Waals surface area contributed by atoms with E-state index in [0.29, 0.717) is 31.4 Å². The van der Waals surface area contributed by atoms with Gasteiger partial charge < -0.3 is 15.3 Å².